The second-order valence-corrected chi connectivity index (χ2v) is 4.28. The lowest BCUT2D eigenvalue weighted by atomic mass is 10.2. The summed E-state index contributed by atoms with van der Waals surface area (Å²) in [6.45, 7) is 1.88. The fourth-order valence-corrected chi connectivity index (χ4v) is 1.81. The largest absolute Gasteiger partial charge is 0.495 e. The van der Waals surface area contributed by atoms with E-state index in [2.05, 4.69) is 15.6 Å². The first-order chi connectivity index (χ1) is 9.70. The Balaban J connectivity index is 1.99. The molecule has 0 saturated heterocycles. The number of aromatic nitrogens is 1. The number of anilines is 1. The number of hydrogen-bond donors (Lipinski definition) is 2. The fourth-order valence-electron chi connectivity index (χ4n) is 1.81. The molecule has 0 aliphatic carbocycles. The van der Waals surface area contributed by atoms with Crippen molar-refractivity contribution >= 4 is 11.7 Å². The van der Waals surface area contributed by atoms with Gasteiger partial charge in [0.2, 0.25) is 0 Å². The van der Waals surface area contributed by atoms with Crippen LogP contribution < -0.4 is 15.4 Å². The maximum Gasteiger partial charge on any atom is 0.319 e. The van der Waals surface area contributed by atoms with Gasteiger partial charge in [-0.3, -0.25) is 4.98 Å². The highest BCUT2D eigenvalue weighted by molar-refractivity contribution is 5.91. The summed E-state index contributed by atoms with van der Waals surface area (Å²) in [6.07, 6.45) is 1.70. The molecule has 0 aliphatic rings. The molecule has 1 atom stereocenters. The van der Waals surface area contributed by atoms with E-state index in [1.54, 1.807) is 25.4 Å². The minimum Gasteiger partial charge on any atom is -0.495 e. The number of nitrogens with zero attached hydrogens (tertiary/aromatic N) is 1. The number of carbonyl (C=O) groups is 1. The summed E-state index contributed by atoms with van der Waals surface area (Å²) in [5, 5.41) is 5.59. The molecular formula is C15H17N3O2. The minimum absolute atomic E-state index is 0.175. The number of benzene rings is 1. The Morgan fingerprint density at radius 3 is 2.65 bits per heavy atom. The van der Waals surface area contributed by atoms with Crippen LogP contribution >= 0.6 is 0 Å². The maximum absolute atomic E-state index is 12.0. The summed E-state index contributed by atoms with van der Waals surface area (Å²) in [5.41, 5.74) is 1.43. The van der Waals surface area contributed by atoms with Gasteiger partial charge in [0, 0.05) is 6.20 Å². The molecule has 1 aromatic carbocycles. The van der Waals surface area contributed by atoms with Crippen LogP contribution in [0.5, 0.6) is 5.75 Å². The number of methoxy groups -OCH3 is 1. The van der Waals surface area contributed by atoms with E-state index in [1.807, 2.05) is 37.3 Å². The molecule has 0 spiro atoms. The Morgan fingerprint density at radius 1 is 1.20 bits per heavy atom. The topological polar surface area (TPSA) is 63.2 Å². The highest BCUT2D eigenvalue weighted by Crippen LogP contribution is 2.23. The summed E-state index contributed by atoms with van der Waals surface area (Å²) in [7, 11) is 1.56. The van der Waals surface area contributed by atoms with E-state index in [-0.39, 0.29) is 12.1 Å². The van der Waals surface area contributed by atoms with E-state index in [4.69, 9.17) is 4.74 Å². The quantitative estimate of drug-likeness (QED) is 0.898. The van der Waals surface area contributed by atoms with Crippen molar-refractivity contribution in [1.29, 1.82) is 0 Å². The molecule has 0 radical (unpaired) electrons. The first-order valence-electron chi connectivity index (χ1n) is 6.32. The van der Waals surface area contributed by atoms with Crippen LogP contribution in [0, 0.1) is 0 Å². The molecule has 1 aromatic heterocycles. The number of rotatable bonds is 4. The third-order valence-electron chi connectivity index (χ3n) is 2.83. The lowest BCUT2D eigenvalue weighted by Crippen LogP contribution is -2.31. The van der Waals surface area contributed by atoms with Gasteiger partial charge in [-0.15, -0.1) is 0 Å². The van der Waals surface area contributed by atoms with Crippen LogP contribution in [0.2, 0.25) is 0 Å². The van der Waals surface area contributed by atoms with Crippen molar-refractivity contribution in [3.8, 4) is 5.75 Å². The zero-order chi connectivity index (χ0) is 14.4. The monoisotopic (exact) mass is 271 g/mol. The first-order valence-corrected chi connectivity index (χ1v) is 6.32. The summed E-state index contributed by atoms with van der Waals surface area (Å²) in [4.78, 5) is 16.2. The highest BCUT2D eigenvalue weighted by Gasteiger charge is 2.11. The molecule has 2 rings (SSSR count). The van der Waals surface area contributed by atoms with Gasteiger partial charge in [-0.25, -0.2) is 4.79 Å². The van der Waals surface area contributed by atoms with Gasteiger partial charge >= 0.3 is 6.03 Å². The van der Waals surface area contributed by atoms with Gasteiger partial charge in [-0.05, 0) is 31.2 Å². The standard InChI is InChI=1S/C15H17N3O2/c1-11(12-7-5-6-10-16-12)17-15(19)18-13-8-3-4-9-14(13)20-2/h3-11H,1-2H3,(H2,17,18,19)/t11-/m0/s1. The highest BCUT2D eigenvalue weighted by atomic mass is 16.5. The van der Waals surface area contributed by atoms with Crippen LogP contribution in [-0.2, 0) is 0 Å². The van der Waals surface area contributed by atoms with Crippen molar-refractivity contribution in [2.45, 2.75) is 13.0 Å². The molecule has 0 saturated carbocycles. The lowest BCUT2D eigenvalue weighted by Gasteiger charge is -2.15. The van der Waals surface area contributed by atoms with Gasteiger partial charge in [0.1, 0.15) is 5.75 Å². The number of ether oxygens (including phenoxy) is 1. The molecule has 20 heavy (non-hydrogen) atoms. The fraction of sp³-hybridized carbons (Fsp3) is 0.200. The molecule has 0 aliphatic heterocycles. The molecule has 0 fully saturated rings. The van der Waals surface area contributed by atoms with Gasteiger partial charge in [-0.2, -0.15) is 0 Å². The Bertz CT molecular complexity index is 572. The Labute approximate surface area is 118 Å². The summed E-state index contributed by atoms with van der Waals surface area (Å²) in [6, 6.07) is 12.4. The first kappa shape index (κ1) is 13.9. The second-order valence-electron chi connectivity index (χ2n) is 4.28. The van der Waals surface area contributed by atoms with E-state index in [1.165, 1.54) is 0 Å². The van der Waals surface area contributed by atoms with Crippen molar-refractivity contribution in [1.82, 2.24) is 10.3 Å². The molecular weight excluding hydrogens is 254 g/mol. The molecule has 2 aromatic rings. The number of urea groups is 1. The molecule has 0 unspecified atom stereocenters. The number of para-hydroxylation sites is 2. The van der Waals surface area contributed by atoms with Crippen LogP contribution in [0.25, 0.3) is 0 Å². The molecule has 2 amide bonds. The van der Waals surface area contributed by atoms with Crippen molar-refractivity contribution in [3.63, 3.8) is 0 Å². The minimum atomic E-state index is -0.298. The third kappa shape index (κ3) is 3.47. The predicted octanol–water partition coefficient (Wildman–Crippen LogP) is 2.97. The molecule has 1 heterocycles. The Hall–Kier alpha value is -2.56. The Kier molecular flexibility index (Phi) is 4.55. The van der Waals surface area contributed by atoms with E-state index < -0.39 is 0 Å². The van der Waals surface area contributed by atoms with E-state index in [9.17, 15) is 4.79 Å². The van der Waals surface area contributed by atoms with Crippen LogP contribution in [0.4, 0.5) is 10.5 Å². The number of pyridine rings is 1. The van der Waals surface area contributed by atoms with Crippen LogP contribution in [0.3, 0.4) is 0 Å². The van der Waals surface area contributed by atoms with Gasteiger partial charge < -0.3 is 15.4 Å². The normalized spacial score (nSPS) is 11.5. The summed E-state index contributed by atoms with van der Waals surface area (Å²) >= 11 is 0. The van der Waals surface area contributed by atoms with E-state index >= 15 is 0 Å². The molecule has 5 nitrogen and oxygen atoms in total. The van der Waals surface area contributed by atoms with Gasteiger partial charge in [0.15, 0.2) is 0 Å². The van der Waals surface area contributed by atoms with Gasteiger partial charge in [0.25, 0.3) is 0 Å². The lowest BCUT2D eigenvalue weighted by molar-refractivity contribution is 0.249. The summed E-state index contributed by atoms with van der Waals surface area (Å²) in [5.74, 6) is 0.619. The predicted molar refractivity (Wildman–Crippen MR) is 77.8 cm³/mol. The smallest absolute Gasteiger partial charge is 0.319 e. The van der Waals surface area contributed by atoms with Crippen molar-refractivity contribution in [2.75, 3.05) is 12.4 Å². The average molecular weight is 271 g/mol. The second kappa shape index (κ2) is 6.56. The van der Waals surface area contributed by atoms with E-state index in [0.717, 1.165) is 5.69 Å². The average Bonchev–Trinajstić information content (AvgIpc) is 2.48. The van der Waals surface area contributed by atoms with Gasteiger partial charge in [-0.1, -0.05) is 18.2 Å². The van der Waals surface area contributed by atoms with Crippen LogP contribution in [0.1, 0.15) is 18.7 Å². The SMILES string of the molecule is COc1ccccc1NC(=O)N[C@@H](C)c1ccccn1. The van der Waals surface area contributed by atoms with Gasteiger partial charge in [0.05, 0.1) is 24.5 Å². The van der Waals surface area contributed by atoms with Crippen molar-refractivity contribution in [3.05, 3.63) is 54.4 Å². The molecule has 5 heteroatoms. The Morgan fingerprint density at radius 2 is 1.95 bits per heavy atom. The van der Waals surface area contributed by atoms with E-state index in [0.29, 0.717) is 11.4 Å². The zero-order valence-corrected chi connectivity index (χ0v) is 11.5. The molecule has 0 bridgehead atoms. The maximum atomic E-state index is 12.0. The summed E-state index contributed by atoms with van der Waals surface area (Å²) < 4.78 is 5.18. The third-order valence-corrected chi connectivity index (χ3v) is 2.83. The number of hydrogen-bond acceptors (Lipinski definition) is 3. The van der Waals surface area contributed by atoms with Crippen molar-refractivity contribution < 1.29 is 9.53 Å². The number of carbonyl (C=O) groups excluding carboxylic acids is 1. The zero-order valence-electron chi connectivity index (χ0n) is 11.5. The van der Waals surface area contributed by atoms with Crippen molar-refractivity contribution in [2.24, 2.45) is 0 Å². The van der Waals surface area contributed by atoms with Crippen LogP contribution in [-0.4, -0.2) is 18.1 Å². The molecule has 104 valence electrons. The van der Waals surface area contributed by atoms with Crippen LogP contribution in [0.15, 0.2) is 48.7 Å². The number of amides is 2. The number of nitrogens with one attached hydrogen (secondary N) is 2. The molecule has 2 N–H and O–H groups in total.